The number of hydrogen-bond acceptors (Lipinski definition) is 3. The van der Waals surface area contributed by atoms with E-state index in [1.165, 1.54) is 7.11 Å². The van der Waals surface area contributed by atoms with Gasteiger partial charge in [-0.25, -0.2) is 4.39 Å². The Kier molecular flexibility index (Phi) is 6.81. The molecule has 1 aromatic carbocycles. The molecule has 0 saturated carbocycles. The Bertz CT molecular complexity index is 382. The molecule has 1 rings (SSSR count). The van der Waals surface area contributed by atoms with Crippen molar-refractivity contribution in [1.82, 2.24) is 10.2 Å². The number of nitrogens with one attached hydrogen (secondary N) is 1. The third-order valence-corrected chi connectivity index (χ3v) is 2.97. The standard InChI is InChI=1S/C15H25FN2O/c1-5-8-17-13(11-18(2)3)9-12-6-7-15(19-4)14(16)10-12/h6-7,10,13,17H,5,8-9,11H2,1-4H3. The van der Waals surface area contributed by atoms with Crippen LogP contribution in [0.1, 0.15) is 18.9 Å². The average molecular weight is 268 g/mol. The second kappa shape index (κ2) is 8.12. The molecule has 0 aliphatic carbocycles. The fourth-order valence-electron chi connectivity index (χ4n) is 2.11. The highest BCUT2D eigenvalue weighted by molar-refractivity contribution is 5.29. The van der Waals surface area contributed by atoms with E-state index >= 15 is 0 Å². The second-order valence-electron chi connectivity index (χ2n) is 5.09. The molecule has 0 fully saturated rings. The Labute approximate surface area is 115 Å². The van der Waals surface area contributed by atoms with Crippen molar-refractivity contribution in [1.29, 1.82) is 0 Å². The lowest BCUT2D eigenvalue weighted by Crippen LogP contribution is -2.40. The van der Waals surface area contributed by atoms with Gasteiger partial charge in [0.1, 0.15) is 0 Å². The molecule has 1 aromatic rings. The van der Waals surface area contributed by atoms with Crippen LogP contribution in [-0.4, -0.2) is 45.2 Å². The molecule has 0 bridgehead atoms. The maximum Gasteiger partial charge on any atom is 0.165 e. The highest BCUT2D eigenvalue weighted by atomic mass is 19.1. The summed E-state index contributed by atoms with van der Waals surface area (Å²) in [5.74, 6) is 0.00789. The number of hydrogen-bond donors (Lipinski definition) is 1. The summed E-state index contributed by atoms with van der Waals surface area (Å²) in [6.45, 7) is 4.07. The van der Waals surface area contributed by atoms with Gasteiger partial charge in [-0.1, -0.05) is 13.0 Å². The normalized spacial score (nSPS) is 12.7. The predicted octanol–water partition coefficient (Wildman–Crippen LogP) is 2.31. The van der Waals surface area contributed by atoms with Gasteiger partial charge in [-0.3, -0.25) is 0 Å². The van der Waals surface area contributed by atoms with Gasteiger partial charge in [0, 0.05) is 12.6 Å². The number of halogens is 1. The Morgan fingerprint density at radius 2 is 2.11 bits per heavy atom. The van der Waals surface area contributed by atoms with E-state index in [0.29, 0.717) is 11.8 Å². The van der Waals surface area contributed by atoms with Gasteiger partial charge in [0.05, 0.1) is 7.11 Å². The molecule has 0 aliphatic rings. The minimum absolute atomic E-state index is 0.293. The Morgan fingerprint density at radius 3 is 2.63 bits per heavy atom. The lowest BCUT2D eigenvalue weighted by Gasteiger charge is -2.22. The first-order chi connectivity index (χ1) is 9.06. The van der Waals surface area contributed by atoms with Crippen LogP contribution >= 0.6 is 0 Å². The van der Waals surface area contributed by atoms with E-state index in [0.717, 1.165) is 31.5 Å². The van der Waals surface area contributed by atoms with Crippen molar-refractivity contribution in [2.45, 2.75) is 25.8 Å². The molecule has 19 heavy (non-hydrogen) atoms. The number of likely N-dealkylation sites (N-methyl/N-ethyl adjacent to an activating group) is 1. The smallest absolute Gasteiger partial charge is 0.165 e. The fraction of sp³-hybridized carbons (Fsp3) is 0.600. The zero-order valence-electron chi connectivity index (χ0n) is 12.4. The summed E-state index contributed by atoms with van der Waals surface area (Å²) in [6, 6.07) is 5.52. The van der Waals surface area contributed by atoms with Crippen molar-refractivity contribution >= 4 is 0 Å². The van der Waals surface area contributed by atoms with Gasteiger partial charge in [0.2, 0.25) is 0 Å². The zero-order chi connectivity index (χ0) is 14.3. The van der Waals surface area contributed by atoms with Crippen molar-refractivity contribution < 1.29 is 9.13 Å². The summed E-state index contributed by atoms with van der Waals surface area (Å²) < 4.78 is 18.6. The molecule has 3 nitrogen and oxygen atoms in total. The van der Waals surface area contributed by atoms with Crippen molar-refractivity contribution in [3.05, 3.63) is 29.6 Å². The van der Waals surface area contributed by atoms with E-state index < -0.39 is 0 Å². The monoisotopic (exact) mass is 268 g/mol. The van der Waals surface area contributed by atoms with Gasteiger partial charge in [-0.15, -0.1) is 0 Å². The van der Waals surface area contributed by atoms with Crippen LogP contribution < -0.4 is 10.1 Å². The largest absolute Gasteiger partial charge is 0.494 e. The lowest BCUT2D eigenvalue weighted by molar-refractivity contribution is 0.335. The quantitative estimate of drug-likeness (QED) is 0.783. The molecule has 4 heteroatoms. The summed E-state index contributed by atoms with van der Waals surface area (Å²) >= 11 is 0. The van der Waals surface area contributed by atoms with Gasteiger partial charge >= 0.3 is 0 Å². The SMILES string of the molecule is CCCNC(Cc1ccc(OC)c(F)c1)CN(C)C. The van der Waals surface area contributed by atoms with Gasteiger partial charge in [0.25, 0.3) is 0 Å². The Balaban J connectivity index is 2.69. The number of methoxy groups -OCH3 is 1. The van der Waals surface area contributed by atoms with Gasteiger partial charge in [0.15, 0.2) is 11.6 Å². The fourth-order valence-corrected chi connectivity index (χ4v) is 2.11. The molecule has 1 unspecified atom stereocenters. The van der Waals surface area contributed by atoms with E-state index in [9.17, 15) is 4.39 Å². The van der Waals surface area contributed by atoms with Gasteiger partial charge in [-0.05, 0) is 51.2 Å². The molecule has 0 amide bonds. The van der Waals surface area contributed by atoms with Crippen molar-refractivity contribution in [3.8, 4) is 5.75 Å². The molecule has 0 heterocycles. The maximum atomic E-state index is 13.7. The Morgan fingerprint density at radius 1 is 1.37 bits per heavy atom. The summed E-state index contributed by atoms with van der Waals surface area (Å²) in [5.41, 5.74) is 0.994. The molecule has 0 aromatic heterocycles. The first kappa shape index (κ1) is 15.9. The van der Waals surface area contributed by atoms with Crippen LogP contribution in [0.15, 0.2) is 18.2 Å². The van der Waals surface area contributed by atoms with Crippen LogP contribution in [0.25, 0.3) is 0 Å². The van der Waals surface area contributed by atoms with Crippen LogP contribution in [0.5, 0.6) is 5.75 Å². The zero-order valence-corrected chi connectivity index (χ0v) is 12.4. The van der Waals surface area contributed by atoms with E-state index in [1.54, 1.807) is 12.1 Å². The summed E-state index contributed by atoms with van der Waals surface area (Å²) in [4.78, 5) is 2.15. The minimum Gasteiger partial charge on any atom is -0.494 e. The molecule has 0 spiro atoms. The minimum atomic E-state index is -0.293. The van der Waals surface area contributed by atoms with Crippen LogP contribution in [0.2, 0.25) is 0 Å². The number of benzene rings is 1. The third kappa shape index (κ3) is 5.57. The van der Waals surface area contributed by atoms with Crippen LogP contribution in [-0.2, 0) is 6.42 Å². The van der Waals surface area contributed by atoms with Crippen LogP contribution in [0, 0.1) is 5.82 Å². The second-order valence-corrected chi connectivity index (χ2v) is 5.09. The van der Waals surface area contributed by atoms with E-state index in [1.807, 2.05) is 6.07 Å². The van der Waals surface area contributed by atoms with Gasteiger partial charge < -0.3 is 15.0 Å². The molecule has 1 N–H and O–H groups in total. The summed E-state index contributed by atoms with van der Waals surface area (Å²) in [5, 5.41) is 3.50. The predicted molar refractivity (Wildman–Crippen MR) is 77.3 cm³/mol. The molecule has 0 radical (unpaired) electrons. The van der Waals surface area contributed by atoms with E-state index in [4.69, 9.17) is 4.74 Å². The Hall–Kier alpha value is -1.13. The maximum absolute atomic E-state index is 13.7. The molecule has 1 atom stereocenters. The molecule has 108 valence electrons. The lowest BCUT2D eigenvalue weighted by atomic mass is 10.0. The topological polar surface area (TPSA) is 24.5 Å². The number of ether oxygens (including phenoxy) is 1. The number of rotatable bonds is 8. The van der Waals surface area contributed by atoms with Crippen LogP contribution in [0.3, 0.4) is 0 Å². The summed E-state index contributed by atoms with van der Waals surface area (Å²) in [7, 11) is 5.58. The number of nitrogens with zero attached hydrogens (tertiary/aromatic N) is 1. The molecule has 0 aliphatic heterocycles. The third-order valence-electron chi connectivity index (χ3n) is 2.97. The van der Waals surface area contributed by atoms with Crippen molar-refractivity contribution in [2.75, 3.05) is 34.3 Å². The molecular formula is C15H25FN2O. The highest BCUT2D eigenvalue weighted by Crippen LogP contribution is 2.18. The van der Waals surface area contributed by atoms with Gasteiger partial charge in [-0.2, -0.15) is 0 Å². The first-order valence-corrected chi connectivity index (χ1v) is 6.77. The van der Waals surface area contributed by atoms with E-state index in [-0.39, 0.29) is 5.82 Å². The molecular weight excluding hydrogens is 243 g/mol. The average Bonchev–Trinajstić information content (AvgIpc) is 2.35. The first-order valence-electron chi connectivity index (χ1n) is 6.77. The van der Waals surface area contributed by atoms with Crippen LogP contribution in [0.4, 0.5) is 4.39 Å². The van der Waals surface area contributed by atoms with E-state index in [2.05, 4.69) is 31.2 Å². The molecule has 0 saturated heterocycles. The van der Waals surface area contributed by atoms with Crippen molar-refractivity contribution in [2.24, 2.45) is 0 Å². The van der Waals surface area contributed by atoms with Crippen molar-refractivity contribution in [3.63, 3.8) is 0 Å². The highest BCUT2D eigenvalue weighted by Gasteiger charge is 2.11. The summed E-state index contributed by atoms with van der Waals surface area (Å²) in [6.07, 6.45) is 1.92.